The molecule has 2 aromatic rings. The highest BCUT2D eigenvalue weighted by atomic mass is 79.9. The molecule has 6 heteroatoms. The highest BCUT2D eigenvalue weighted by Crippen LogP contribution is 2.27. The van der Waals surface area contributed by atoms with Crippen molar-refractivity contribution in [2.24, 2.45) is 0 Å². The molecule has 0 heterocycles. The molecule has 0 N–H and O–H groups in total. The first kappa shape index (κ1) is 18.6. The number of ether oxygens (including phenoxy) is 4. The van der Waals surface area contributed by atoms with E-state index in [1.54, 1.807) is 49.6 Å². The predicted octanol–water partition coefficient (Wildman–Crippen LogP) is 3.94. The predicted molar refractivity (Wildman–Crippen MR) is 93.3 cm³/mol. The molecular weight excluding hydrogens is 376 g/mol. The Hall–Kier alpha value is -1.73. The molecule has 0 aliphatic rings. The normalized spacial score (nSPS) is 11.9. The van der Waals surface area contributed by atoms with Gasteiger partial charge in [0.05, 0.1) is 18.8 Å². The van der Waals surface area contributed by atoms with Crippen molar-refractivity contribution in [2.75, 3.05) is 27.1 Å². The van der Waals surface area contributed by atoms with Crippen molar-refractivity contribution in [1.29, 1.82) is 0 Å². The quantitative estimate of drug-likeness (QED) is 0.212. The van der Waals surface area contributed by atoms with Gasteiger partial charge in [-0.1, -0.05) is 46.3 Å². The van der Waals surface area contributed by atoms with Crippen LogP contribution in [-0.2, 0) is 14.2 Å². The van der Waals surface area contributed by atoms with Crippen molar-refractivity contribution in [3.63, 3.8) is 0 Å². The van der Waals surface area contributed by atoms with E-state index in [2.05, 4.69) is 15.9 Å². The number of alkyl halides is 1. The summed E-state index contributed by atoms with van der Waals surface area (Å²) < 4.78 is 21.0. The van der Waals surface area contributed by atoms with Crippen molar-refractivity contribution in [2.45, 2.75) is 5.01 Å². The van der Waals surface area contributed by atoms with E-state index in [0.29, 0.717) is 24.5 Å². The van der Waals surface area contributed by atoms with E-state index in [-0.39, 0.29) is 11.8 Å². The minimum atomic E-state index is -0.400. The molecule has 2 aromatic carbocycles. The van der Waals surface area contributed by atoms with Crippen molar-refractivity contribution in [3.8, 4) is 5.75 Å². The maximum Gasteiger partial charge on any atom is 0.343 e. The van der Waals surface area contributed by atoms with Gasteiger partial charge in [0.2, 0.25) is 0 Å². The molecule has 1 unspecified atom stereocenters. The van der Waals surface area contributed by atoms with Crippen LogP contribution in [0.5, 0.6) is 5.75 Å². The first-order valence-corrected chi connectivity index (χ1v) is 8.32. The number of benzene rings is 2. The zero-order chi connectivity index (χ0) is 17.2. The number of hydrogen-bond acceptors (Lipinski definition) is 5. The largest absolute Gasteiger partial charge is 0.423 e. The molecule has 0 aliphatic carbocycles. The van der Waals surface area contributed by atoms with Crippen LogP contribution in [0.1, 0.15) is 20.9 Å². The first-order valence-electron chi connectivity index (χ1n) is 7.40. The number of esters is 1. The smallest absolute Gasteiger partial charge is 0.343 e. The minimum Gasteiger partial charge on any atom is -0.423 e. The van der Waals surface area contributed by atoms with Crippen LogP contribution in [0.15, 0.2) is 54.6 Å². The van der Waals surface area contributed by atoms with Crippen LogP contribution in [-0.4, -0.2) is 33.1 Å². The number of methoxy groups -OCH3 is 1. The molecule has 0 saturated carbocycles. The van der Waals surface area contributed by atoms with E-state index in [0.717, 1.165) is 5.56 Å². The Morgan fingerprint density at radius 3 is 2.62 bits per heavy atom. The highest BCUT2D eigenvalue weighted by Gasteiger charge is 2.12. The van der Waals surface area contributed by atoms with Gasteiger partial charge in [-0.15, -0.1) is 0 Å². The fourth-order valence-corrected chi connectivity index (χ4v) is 2.26. The average Bonchev–Trinajstić information content (AvgIpc) is 2.62. The SMILES string of the molecule is COCCOCOC(Br)c1cccc(OC(=O)c2ccccc2)c1. The van der Waals surface area contributed by atoms with Gasteiger partial charge in [0, 0.05) is 7.11 Å². The molecule has 24 heavy (non-hydrogen) atoms. The third-order valence-electron chi connectivity index (χ3n) is 3.07. The van der Waals surface area contributed by atoms with Gasteiger partial charge in [0.15, 0.2) is 0 Å². The van der Waals surface area contributed by atoms with E-state index >= 15 is 0 Å². The zero-order valence-electron chi connectivity index (χ0n) is 13.3. The first-order chi connectivity index (χ1) is 11.7. The molecule has 0 aromatic heterocycles. The molecule has 1 atom stereocenters. The van der Waals surface area contributed by atoms with E-state index in [1.807, 2.05) is 12.1 Å². The monoisotopic (exact) mass is 394 g/mol. The lowest BCUT2D eigenvalue weighted by Crippen LogP contribution is -2.09. The summed E-state index contributed by atoms with van der Waals surface area (Å²) in [6.45, 7) is 1.11. The van der Waals surface area contributed by atoms with Crippen LogP contribution in [0.25, 0.3) is 0 Å². The summed E-state index contributed by atoms with van der Waals surface area (Å²) in [7, 11) is 1.61. The van der Waals surface area contributed by atoms with Gasteiger partial charge in [-0.25, -0.2) is 4.79 Å². The van der Waals surface area contributed by atoms with Crippen molar-refractivity contribution in [1.82, 2.24) is 0 Å². The molecule has 0 aliphatic heterocycles. The summed E-state index contributed by atoms with van der Waals surface area (Å²) in [5.74, 6) is 0.0531. The maximum atomic E-state index is 12.1. The zero-order valence-corrected chi connectivity index (χ0v) is 14.9. The molecule has 0 spiro atoms. The number of rotatable bonds is 9. The Labute approximate surface area is 149 Å². The summed E-state index contributed by atoms with van der Waals surface area (Å²) in [6.07, 6.45) is 0. The Bertz CT molecular complexity index is 632. The molecular formula is C18H19BrO5. The molecule has 5 nitrogen and oxygen atoms in total. The van der Waals surface area contributed by atoms with E-state index in [9.17, 15) is 4.79 Å². The third kappa shape index (κ3) is 6.05. The lowest BCUT2D eigenvalue weighted by atomic mass is 10.2. The number of carbonyl (C=O) groups is 1. The Morgan fingerprint density at radius 1 is 1.08 bits per heavy atom. The summed E-state index contributed by atoms with van der Waals surface area (Å²) >= 11 is 3.43. The van der Waals surface area contributed by atoms with Crippen molar-refractivity contribution in [3.05, 3.63) is 65.7 Å². The Morgan fingerprint density at radius 2 is 1.88 bits per heavy atom. The second-order valence-corrected chi connectivity index (χ2v) is 5.66. The molecule has 0 radical (unpaired) electrons. The van der Waals surface area contributed by atoms with Crippen LogP contribution >= 0.6 is 15.9 Å². The van der Waals surface area contributed by atoms with Gasteiger partial charge < -0.3 is 18.9 Å². The van der Waals surface area contributed by atoms with E-state index in [1.165, 1.54) is 0 Å². The van der Waals surface area contributed by atoms with E-state index < -0.39 is 5.97 Å². The maximum absolute atomic E-state index is 12.1. The van der Waals surface area contributed by atoms with Crippen LogP contribution < -0.4 is 4.74 Å². The molecule has 0 fully saturated rings. The molecule has 0 bridgehead atoms. The lowest BCUT2D eigenvalue weighted by Gasteiger charge is -2.13. The molecule has 0 saturated heterocycles. The van der Waals surface area contributed by atoms with Gasteiger partial charge in [-0.05, 0) is 29.8 Å². The van der Waals surface area contributed by atoms with Gasteiger partial charge in [-0.2, -0.15) is 0 Å². The number of halogens is 1. The fraction of sp³-hybridized carbons (Fsp3) is 0.278. The second-order valence-electron chi connectivity index (χ2n) is 4.83. The van der Waals surface area contributed by atoms with Gasteiger partial charge in [0.1, 0.15) is 17.6 Å². The third-order valence-corrected chi connectivity index (χ3v) is 3.86. The van der Waals surface area contributed by atoms with Crippen LogP contribution in [0, 0.1) is 0 Å². The summed E-state index contributed by atoms with van der Waals surface area (Å²) in [5.41, 5.74) is 1.32. The molecule has 128 valence electrons. The molecule has 2 rings (SSSR count). The topological polar surface area (TPSA) is 54.0 Å². The van der Waals surface area contributed by atoms with Gasteiger partial charge in [-0.3, -0.25) is 0 Å². The summed E-state index contributed by atoms with van der Waals surface area (Å²) in [4.78, 5) is 12.1. The van der Waals surface area contributed by atoms with E-state index in [4.69, 9.17) is 18.9 Å². The number of hydrogen-bond donors (Lipinski definition) is 0. The highest BCUT2D eigenvalue weighted by molar-refractivity contribution is 9.09. The standard InChI is InChI=1S/C18H19BrO5/c1-21-10-11-22-13-23-17(19)15-8-5-9-16(12-15)24-18(20)14-6-3-2-4-7-14/h2-9,12,17H,10-11,13H2,1H3. The average molecular weight is 395 g/mol. The van der Waals surface area contributed by atoms with Crippen LogP contribution in [0.3, 0.4) is 0 Å². The minimum absolute atomic E-state index is 0.132. The molecule has 0 amide bonds. The van der Waals surface area contributed by atoms with Crippen LogP contribution in [0.2, 0.25) is 0 Å². The van der Waals surface area contributed by atoms with Crippen molar-refractivity contribution < 1.29 is 23.7 Å². The lowest BCUT2D eigenvalue weighted by molar-refractivity contribution is -0.0735. The second kappa shape index (κ2) is 10.2. The van der Waals surface area contributed by atoms with Crippen LogP contribution in [0.4, 0.5) is 0 Å². The Kier molecular flexibility index (Phi) is 7.91. The summed E-state index contributed by atoms with van der Waals surface area (Å²) in [5, 5.41) is -0.365. The summed E-state index contributed by atoms with van der Waals surface area (Å²) in [6, 6.07) is 16.0. The fourth-order valence-electron chi connectivity index (χ4n) is 1.86. The van der Waals surface area contributed by atoms with Gasteiger partial charge >= 0.3 is 5.97 Å². The number of carbonyl (C=O) groups excluding carboxylic acids is 1. The van der Waals surface area contributed by atoms with Gasteiger partial charge in [0.25, 0.3) is 0 Å². The Balaban J connectivity index is 1.90. The van der Waals surface area contributed by atoms with Crippen molar-refractivity contribution >= 4 is 21.9 Å².